The van der Waals surface area contributed by atoms with Gasteiger partial charge in [0, 0.05) is 17.7 Å². The van der Waals surface area contributed by atoms with Crippen molar-refractivity contribution < 1.29 is 28.5 Å². The lowest BCUT2D eigenvalue weighted by molar-refractivity contribution is -0.167. The van der Waals surface area contributed by atoms with E-state index in [4.69, 9.17) is 18.9 Å². The first-order chi connectivity index (χ1) is 16.2. The molecule has 1 aliphatic carbocycles. The Morgan fingerprint density at radius 2 is 1.76 bits per heavy atom. The molecule has 0 bridgehead atoms. The molecule has 4 rings (SSSR count). The fraction of sp³-hybridized carbons (Fsp3) is 0.481. The van der Waals surface area contributed by atoms with E-state index in [-0.39, 0.29) is 23.9 Å². The van der Waals surface area contributed by atoms with E-state index >= 15 is 0 Å². The zero-order valence-electron chi connectivity index (χ0n) is 20.6. The van der Waals surface area contributed by atoms with E-state index < -0.39 is 5.41 Å². The maximum atomic E-state index is 13.0. The fourth-order valence-electron chi connectivity index (χ4n) is 4.33. The summed E-state index contributed by atoms with van der Waals surface area (Å²) in [7, 11) is 3.14. The van der Waals surface area contributed by atoms with Crippen LogP contribution in [0.4, 0.5) is 0 Å². The van der Waals surface area contributed by atoms with E-state index in [2.05, 4.69) is 5.32 Å². The molecule has 0 spiro atoms. The van der Waals surface area contributed by atoms with Crippen molar-refractivity contribution in [1.82, 2.24) is 5.32 Å². The molecule has 2 aromatic carbocycles. The van der Waals surface area contributed by atoms with Crippen molar-refractivity contribution in [2.24, 2.45) is 10.8 Å². The Labute approximate surface area is 200 Å². The summed E-state index contributed by atoms with van der Waals surface area (Å²) in [6.07, 6.45) is 2.41. The van der Waals surface area contributed by atoms with Crippen molar-refractivity contribution in [2.75, 3.05) is 27.4 Å². The molecule has 1 aliphatic heterocycles. The number of amides is 1. The van der Waals surface area contributed by atoms with Gasteiger partial charge in [-0.2, -0.15) is 0 Å². The van der Waals surface area contributed by atoms with E-state index in [9.17, 15) is 9.59 Å². The van der Waals surface area contributed by atoms with Gasteiger partial charge in [0.1, 0.15) is 12.0 Å². The summed E-state index contributed by atoms with van der Waals surface area (Å²) in [4.78, 5) is 25.0. The molecule has 1 saturated carbocycles. The molecule has 1 fully saturated rings. The zero-order valence-corrected chi connectivity index (χ0v) is 20.6. The summed E-state index contributed by atoms with van der Waals surface area (Å²) in [5, 5.41) is 2.85. The molecule has 182 valence electrons. The number of hydrogen-bond donors (Lipinski definition) is 1. The number of fused-ring (bicyclic) bond motifs is 1. The van der Waals surface area contributed by atoms with E-state index in [1.807, 2.05) is 51.1 Å². The topological polar surface area (TPSA) is 83.1 Å². The molecule has 0 atom stereocenters. The van der Waals surface area contributed by atoms with Crippen LogP contribution in [0.3, 0.4) is 0 Å². The van der Waals surface area contributed by atoms with Gasteiger partial charge in [0.25, 0.3) is 5.91 Å². The third kappa shape index (κ3) is 4.56. The summed E-state index contributed by atoms with van der Waals surface area (Å²) in [5.74, 6) is 1.24. The van der Waals surface area contributed by atoms with Gasteiger partial charge in [-0.15, -0.1) is 0 Å². The Hall–Kier alpha value is -3.22. The number of rotatable bonds is 8. The van der Waals surface area contributed by atoms with Crippen molar-refractivity contribution in [3.8, 4) is 28.4 Å². The van der Waals surface area contributed by atoms with Gasteiger partial charge in [0.15, 0.2) is 11.5 Å². The van der Waals surface area contributed by atoms with Crippen LogP contribution in [0.15, 0.2) is 30.3 Å². The molecule has 0 aromatic heterocycles. The number of nitrogens with one attached hydrogen (secondary N) is 1. The molecule has 1 heterocycles. The lowest BCUT2D eigenvalue weighted by Gasteiger charge is -2.39. The van der Waals surface area contributed by atoms with Crippen molar-refractivity contribution in [2.45, 2.75) is 46.6 Å². The highest BCUT2D eigenvalue weighted by Crippen LogP contribution is 2.48. The van der Waals surface area contributed by atoms with E-state index in [1.54, 1.807) is 14.2 Å². The lowest BCUT2D eigenvalue weighted by Crippen LogP contribution is -2.45. The van der Waals surface area contributed by atoms with Gasteiger partial charge in [-0.3, -0.25) is 9.59 Å². The van der Waals surface area contributed by atoms with Crippen molar-refractivity contribution in [1.29, 1.82) is 0 Å². The van der Waals surface area contributed by atoms with E-state index in [0.29, 0.717) is 36.0 Å². The van der Waals surface area contributed by atoms with Crippen LogP contribution < -0.4 is 19.5 Å². The van der Waals surface area contributed by atoms with Gasteiger partial charge in [-0.25, -0.2) is 0 Å². The SMILES string of the molecule is COc1ccc(-c2ccc3c(c2)CNC3=O)c(OCC2(C(=O)OCC(C)(C)C)CCC2)c1OC. The lowest BCUT2D eigenvalue weighted by atomic mass is 9.69. The summed E-state index contributed by atoms with van der Waals surface area (Å²) in [6.45, 7) is 7.17. The second kappa shape index (κ2) is 9.20. The highest BCUT2D eigenvalue weighted by Gasteiger charge is 2.47. The second-order valence-electron chi connectivity index (χ2n) is 10.3. The van der Waals surface area contributed by atoms with Crippen LogP contribution in [-0.2, 0) is 16.1 Å². The predicted molar refractivity (Wildman–Crippen MR) is 128 cm³/mol. The molecule has 7 heteroatoms. The molecule has 1 amide bonds. The van der Waals surface area contributed by atoms with Gasteiger partial charge >= 0.3 is 5.97 Å². The Balaban J connectivity index is 1.65. The standard InChI is InChI=1S/C27H33NO6/c1-26(2,3)15-34-25(30)27(11-6-12-27)16-33-22-19(9-10-21(31-4)23(22)32-5)17-7-8-20-18(13-17)14-28-24(20)29/h7-10,13H,6,11-12,14-16H2,1-5H3,(H,28,29). The Bertz CT molecular complexity index is 1100. The van der Waals surface area contributed by atoms with E-state index in [0.717, 1.165) is 36.0 Å². The summed E-state index contributed by atoms with van der Waals surface area (Å²) < 4.78 is 23.2. The predicted octanol–water partition coefficient (Wildman–Crippen LogP) is 4.75. The first kappa shape index (κ1) is 23.9. The maximum Gasteiger partial charge on any atom is 0.315 e. The largest absolute Gasteiger partial charge is 0.493 e. The molecule has 0 saturated heterocycles. The van der Waals surface area contributed by atoms with Crippen LogP contribution in [0.1, 0.15) is 56.0 Å². The van der Waals surface area contributed by atoms with Crippen LogP contribution in [-0.4, -0.2) is 39.3 Å². The van der Waals surface area contributed by atoms with Gasteiger partial charge in [0.2, 0.25) is 5.75 Å². The summed E-state index contributed by atoms with van der Waals surface area (Å²) in [5.41, 5.74) is 2.55. The van der Waals surface area contributed by atoms with Crippen LogP contribution >= 0.6 is 0 Å². The fourth-order valence-corrected chi connectivity index (χ4v) is 4.33. The van der Waals surface area contributed by atoms with Gasteiger partial charge in [-0.1, -0.05) is 33.3 Å². The third-order valence-corrected chi connectivity index (χ3v) is 6.47. The zero-order chi connectivity index (χ0) is 24.5. The summed E-state index contributed by atoms with van der Waals surface area (Å²) >= 11 is 0. The third-order valence-electron chi connectivity index (χ3n) is 6.47. The average Bonchev–Trinajstić information content (AvgIpc) is 3.15. The Morgan fingerprint density at radius 1 is 1.03 bits per heavy atom. The highest BCUT2D eigenvalue weighted by molar-refractivity contribution is 5.99. The molecule has 1 N–H and O–H groups in total. The molecule has 2 aliphatic rings. The quantitative estimate of drug-likeness (QED) is 0.564. The van der Waals surface area contributed by atoms with Crippen LogP contribution in [0.2, 0.25) is 0 Å². The number of esters is 1. The van der Waals surface area contributed by atoms with Crippen molar-refractivity contribution in [3.05, 3.63) is 41.5 Å². The minimum atomic E-state index is -0.662. The normalized spacial score (nSPS) is 16.2. The molecule has 34 heavy (non-hydrogen) atoms. The molecule has 0 radical (unpaired) electrons. The van der Waals surface area contributed by atoms with Crippen molar-refractivity contribution in [3.63, 3.8) is 0 Å². The first-order valence-electron chi connectivity index (χ1n) is 11.6. The van der Waals surface area contributed by atoms with Crippen LogP contribution in [0, 0.1) is 10.8 Å². The number of carbonyl (C=O) groups is 2. The van der Waals surface area contributed by atoms with E-state index in [1.165, 1.54) is 0 Å². The number of benzene rings is 2. The monoisotopic (exact) mass is 467 g/mol. The highest BCUT2D eigenvalue weighted by atomic mass is 16.5. The van der Waals surface area contributed by atoms with Gasteiger partial charge < -0.3 is 24.3 Å². The minimum Gasteiger partial charge on any atom is -0.493 e. The van der Waals surface area contributed by atoms with Gasteiger partial charge in [0.05, 0.1) is 20.8 Å². The number of carbonyl (C=O) groups excluding carboxylic acids is 2. The molecular weight excluding hydrogens is 434 g/mol. The number of methoxy groups -OCH3 is 2. The minimum absolute atomic E-state index is 0.0639. The number of ether oxygens (including phenoxy) is 4. The Kier molecular flexibility index (Phi) is 6.47. The first-order valence-corrected chi connectivity index (χ1v) is 11.6. The molecular formula is C27H33NO6. The Morgan fingerprint density at radius 3 is 2.38 bits per heavy atom. The van der Waals surface area contributed by atoms with Crippen molar-refractivity contribution >= 4 is 11.9 Å². The van der Waals surface area contributed by atoms with Crippen LogP contribution in [0.5, 0.6) is 17.2 Å². The number of hydrogen-bond acceptors (Lipinski definition) is 6. The smallest absolute Gasteiger partial charge is 0.315 e. The van der Waals surface area contributed by atoms with Gasteiger partial charge in [-0.05, 0) is 53.6 Å². The second-order valence-corrected chi connectivity index (χ2v) is 10.3. The maximum absolute atomic E-state index is 13.0. The molecule has 0 unspecified atom stereocenters. The van der Waals surface area contributed by atoms with Crippen LogP contribution in [0.25, 0.3) is 11.1 Å². The average molecular weight is 468 g/mol. The molecule has 7 nitrogen and oxygen atoms in total. The summed E-state index contributed by atoms with van der Waals surface area (Å²) in [6, 6.07) is 9.44. The molecule has 2 aromatic rings.